The zero-order chi connectivity index (χ0) is 30.3. The normalized spacial score (nSPS) is 12.8. The smallest absolute Gasteiger partial charge is 0.264 e. The molecule has 1 N–H and O–H groups in total. The van der Waals surface area contributed by atoms with Gasteiger partial charge in [0.05, 0.1) is 22.2 Å². The van der Waals surface area contributed by atoms with Gasteiger partial charge in [-0.15, -0.1) is 0 Å². The molecule has 0 fully saturated rings. The summed E-state index contributed by atoms with van der Waals surface area (Å²) in [6, 6.07) is 18.1. The average Bonchev–Trinajstić information content (AvgIpc) is 2.95. The molecule has 2 amide bonds. The predicted octanol–water partition coefficient (Wildman–Crippen LogP) is 5.60. The zero-order valence-corrected chi connectivity index (χ0v) is 26.8. The lowest BCUT2D eigenvalue weighted by Gasteiger charge is -2.32. The standard InChI is InChI=1S/C31H38BrN3O5S/c1-7-23(4)33-31(37)24(5)34(19-25-12-8-21(2)9-13-25)30(36)20-35(26-14-10-22(3)11-15-26)41(38,39)27-16-17-29(40-6)28(32)18-27/h8-18,23-24H,7,19-20H2,1-6H3,(H,33,37)/t23-,24+/m0/s1. The second-order valence-electron chi connectivity index (χ2n) is 10.1. The summed E-state index contributed by atoms with van der Waals surface area (Å²) in [5, 5.41) is 2.94. The molecule has 8 nitrogen and oxygen atoms in total. The number of rotatable bonds is 12. The number of benzene rings is 3. The summed E-state index contributed by atoms with van der Waals surface area (Å²) in [6.07, 6.45) is 0.737. The van der Waals surface area contributed by atoms with Crippen LogP contribution in [0.15, 0.2) is 76.1 Å². The van der Waals surface area contributed by atoms with Gasteiger partial charge in [0, 0.05) is 12.6 Å². The van der Waals surface area contributed by atoms with Crippen molar-refractivity contribution in [2.24, 2.45) is 0 Å². The number of sulfonamides is 1. The van der Waals surface area contributed by atoms with E-state index in [0.717, 1.165) is 27.4 Å². The highest BCUT2D eigenvalue weighted by atomic mass is 79.9. The fourth-order valence-corrected chi connectivity index (χ4v) is 6.25. The van der Waals surface area contributed by atoms with Gasteiger partial charge in [-0.3, -0.25) is 13.9 Å². The van der Waals surface area contributed by atoms with Crippen molar-refractivity contribution < 1.29 is 22.7 Å². The number of hydrogen-bond donors (Lipinski definition) is 1. The van der Waals surface area contributed by atoms with E-state index in [1.165, 1.54) is 24.1 Å². The molecular weight excluding hydrogens is 606 g/mol. The Labute approximate surface area is 251 Å². The van der Waals surface area contributed by atoms with Crippen LogP contribution in [-0.2, 0) is 26.2 Å². The molecular formula is C31H38BrN3O5S. The Bertz CT molecular complexity index is 1460. The lowest BCUT2D eigenvalue weighted by atomic mass is 10.1. The number of amides is 2. The molecule has 0 saturated heterocycles. The van der Waals surface area contributed by atoms with Crippen LogP contribution in [0.1, 0.15) is 43.9 Å². The Kier molecular flexibility index (Phi) is 11.0. The molecule has 0 saturated carbocycles. The van der Waals surface area contributed by atoms with E-state index in [9.17, 15) is 18.0 Å². The molecule has 0 radical (unpaired) electrons. The highest BCUT2D eigenvalue weighted by Crippen LogP contribution is 2.31. The largest absolute Gasteiger partial charge is 0.496 e. The molecule has 41 heavy (non-hydrogen) atoms. The summed E-state index contributed by atoms with van der Waals surface area (Å²) in [5.74, 6) is -0.329. The lowest BCUT2D eigenvalue weighted by molar-refractivity contribution is -0.139. The van der Waals surface area contributed by atoms with E-state index in [1.807, 2.05) is 52.0 Å². The van der Waals surface area contributed by atoms with Crippen molar-refractivity contribution in [3.05, 3.63) is 87.9 Å². The minimum absolute atomic E-state index is 0.00815. The molecule has 10 heteroatoms. The molecule has 0 bridgehead atoms. The number of methoxy groups -OCH3 is 1. The number of carbonyl (C=O) groups is 2. The molecule has 0 aromatic heterocycles. The third-order valence-electron chi connectivity index (χ3n) is 6.95. The molecule has 0 spiro atoms. The van der Waals surface area contributed by atoms with Crippen LogP contribution in [0.4, 0.5) is 5.69 Å². The quantitative estimate of drug-likeness (QED) is 0.277. The Hall–Kier alpha value is -3.37. The molecule has 220 valence electrons. The SMILES string of the molecule is CC[C@H](C)NC(=O)[C@@H](C)N(Cc1ccc(C)cc1)C(=O)CN(c1ccc(C)cc1)S(=O)(=O)c1ccc(OC)c(Br)c1. The number of halogens is 1. The van der Waals surface area contributed by atoms with Crippen LogP contribution in [0, 0.1) is 13.8 Å². The molecule has 0 aliphatic rings. The first-order valence-electron chi connectivity index (χ1n) is 13.5. The Morgan fingerprint density at radius 2 is 1.54 bits per heavy atom. The number of nitrogens with zero attached hydrogens (tertiary/aromatic N) is 2. The first kappa shape index (κ1) is 32.1. The van der Waals surface area contributed by atoms with Crippen LogP contribution in [-0.4, -0.2) is 50.9 Å². The van der Waals surface area contributed by atoms with E-state index in [1.54, 1.807) is 37.3 Å². The summed E-state index contributed by atoms with van der Waals surface area (Å²) in [7, 11) is -2.70. The van der Waals surface area contributed by atoms with E-state index in [0.29, 0.717) is 15.9 Å². The van der Waals surface area contributed by atoms with E-state index >= 15 is 0 Å². The Balaban J connectivity index is 2.04. The maximum absolute atomic E-state index is 14.0. The predicted molar refractivity (Wildman–Crippen MR) is 165 cm³/mol. The van der Waals surface area contributed by atoms with Crippen LogP contribution in [0.2, 0.25) is 0 Å². The number of nitrogens with one attached hydrogen (secondary N) is 1. The molecule has 3 rings (SSSR count). The van der Waals surface area contributed by atoms with Crippen molar-refractivity contribution in [3.8, 4) is 5.75 Å². The van der Waals surface area contributed by atoms with Gasteiger partial charge in [0.25, 0.3) is 10.0 Å². The number of carbonyl (C=O) groups excluding carboxylic acids is 2. The van der Waals surface area contributed by atoms with Gasteiger partial charge in [0.15, 0.2) is 0 Å². The molecule has 2 atom stereocenters. The topological polar surface area (TPSA) is 96.0 Å². The van der Waals surface area contributed by atoms with Crippen molar-refractivity contribution in [2.45, 2.75) is 64.6 Å². The van der Waals surface area contributed by atoms with Crippen LogP contribution in [0.5, 0.6) is 5.75 Å². The number of hydrogen-bond acceptors (Lipinski definition) is 5. The van der Waals surface area contributed by atoms with Crippen LogP contribution in [0.3, 0.4) is 0 Å². The highest BCUT2D eigenvalue weighted by Gasteiger charge is 2.33. The lowest BCUT2D eigenvalue weighted by Crippen LogP contribution is -2.52. The van der Waals surface area contributed by atoms with Gasteiger partial charge in [0.1, 0.15) is 18.3 Å². The van der Waals surface area contributed by atoms with Crippen LogP contribution in [0.25, 0.3) is 0 Å². The van der Waals surface area contributed by atoms with Crippen molar-refractivity contribution >= 4 is 43.5 Å². The van der Waals surface area contributed by atoms with Gasteiger partial charge in [-0.1, -0.05) is 54.4 Å². The maximum atomic E-state index is 14.0. The number of anilines is 1. The fourth-order valence-electron chi connectivity index (χ4n) is 4.11. The van der Waals surface area contributed by atoms with E-state index < -0.39 is 28.5 Å². The van der Waals surface area contributed by atoms with Gasteiger partial charge in [-0.05, 0) is 85.9 Å². The maximum Gasteiger partial charge on any atom is 0.264 e. The molecule has 0 aliphatic carbocycles. The van der Waals surface area contributed by atoms with E-state index in [2.05, 4.69) is 21.2 Å². The minimum atomic E-state index is -4.19. The van der Waals surface area contributed by atoms with Gasteiger partial charge in [-0.2, -0.15) is 0 Å². The molecule has 0 aliphatic heterocycles. The minimum Gasteiger partial charge on any atom is -0.496 e. The van der Waals surface area contributed by atoms with Crippen molar-refractivity contribution in [2.75, 3.05) is 18.0 Å². The summed E-state index contributed by atoms with van der Waals surface area (Å²) < 4.78 is 34.9. The Morgan fingerprint density at radius 1 is 0.951 bits per heavy atom. The van der Waals surface area contributed by atoms with Crippen molar-refractivity contribution in [3.63, 3.8) is 0 Å². The third-order valence-corrected chi connectivity index (χ3v) is 9.34. The second kappa shape index (κ2) is 14.0. The first-order valence-corrected chi connectivity index (χ1v) is 15.7. The van der Waals surface area contributed by atoms with Gasteiger partial charge in [0.2, 0.25) is 11.8 Å². The van der Waals surface area contributed by atoms with Crippen LogP contribution < -0.4 is 14.4 Å². The van der Waals surface area contributed by atoms with Crippen molar-refractivity contribution in [1.29, 1.82) is 0 Å². The molecule has 0 heterocycles. The van der Waals surface area contributed by atoms with Crippen molar-refractivity contribution in [1.82, 2.24) is 10.2 Å². The van der Waals surface area contributed by atoms with Gasteiger partial charge in [-0.25, -0.2) is 8.42 Å². The monoisotopic (exact) mass is 643 g/mol. The van der Waals surface area contributed by atoms with E-state index in [4.69, 9.17) is 4.74 Å². The third kappa shape index (κ3) is 8.10. The van der Waals surface area contributed by atoms with Crippen LogP contribution >= 0.6 is 15.9 Å². The zero-order valence-electron chi connectivity index (χ0n) is 24.3. The van der Waals surface area contributed by atoms with Gasteiger partial charge >= 0.3 is 0 Å². The Morgan fingerprint density at radius 3 is 2.07 bits per heavy atom. The number of ether oxygens (including phenoxy) is 1. The van der Waals surface area contributed by atoms with Gasteiger partial charge < -0.3 is 15.0 Å². The fraction of sp³-hybridized carbons (Fsp3) is 0.355. The summed E-state index contributed by atoms with van der Waals surface area (Å²) in [6.45, 7) is 9.04. The summed E-state index contributed by atoms with van der Waals surface area (Å²) in [5.41, 5.74) is 3.18. The first-order chi connectivity index (χ1) is 19.4. The molecule has 0 unspecified atom stereocenters. The number of aryl methyl sites for hydroxylation is 2. The molecule has 3 aromatic rings. The highest BCUT2D eigenvalue weighted by molar-refractivity contribution is 9.10. The van der Waals surface area contributed by atoms with E-state index in [-0.39, 0.29) is 23.4 Å². The summed E-state index contributed by atoms with van der Waals surface area (Å²) in [4.78, 5) is 28.6. The average molecular weight is 645 g/mol. The summed E-state index contributed by atoms with van der Waals surface area (Å²) >= 11 is 3.36. The second-order valence-corrected chi connectivity index (χ2v) is 12.9. The molecule has 3 aromatic carbocycles.